The topological polar surface area (TPSA) is 66.5 Å². The molecule has 0 bridgehead atoms. The summed E-state index contributed by atoms with van der Waals surface area (Å²) in [5.74, 6) is 0.588. The number of anilines is 2. The van der Waals surface area contributed by atoms with E-state index in [0.29, 0.717) is 16.5 Å². The van der Waals surface area contributed by atoms with Crippen molar-refractivity contribution in [3.05, 3.63) is 17.3 Å². The number of halogens is 1. The fourth-order valence-electron chi connectivity index (χ4n) is 1.17. The zero-order chi connectivity index (χ0) is 13.7. The van der Waals surface area contributed by atoms with Crippen LogP contribution in [0, 0.1) is 0 Å². The molecule has 0 radical (unpaired) electrons. The van der Waals surface area contributed by atoms with Crippen LogP contribution in [0.5, 0.6) is 0 Å². The van der Waals surface area contributed by atoms with E-state index in [9.17, 15) is 4.79 Å². The summed E-state index contributed by atoms with van der Waals surface area (Å²) < 4.78 is 0. The van der Waals surface area contributed by atoms with Crippen LogP contribution in [0.2, 0.25) is 5.02 Å². The van der Waals surface area contributed by atoms with Crippen molar-refractivity contribution >= 4 is 29.1 Å². The van der Waals surface area contributed by atoms with E-state index in [-0.39, 0.29) is 6.04 Å². The van der Waals surface area contributed by atoms with Crippen LogP contribution in [0.1, 0.15) is 13.8 Å². The summed E-state index contributed by atoms with van der Waals surface area (Å²) >= 11 is 6.05. The molecule has 0 aliphatic carbocycles. The van der Waals surface area contributed by atoms with Gasteiger partial charge < -0.3 is 10.6 Å². The van der Waals surface area contributed by atoms with Gasteiger partial charge in [-0.15, -0.1) is 0 Å². The summed E-state index contributed by atoms with van der Waals surface area (Å²) in [5.41, 5.74) is 0.503. The molecule has 1 heterocycles. The van der Waals surface area contributed by atoms with Gasteiger partial charge in [0.2, 0.25) is 0 Å². The Morgan fingerprint density at radius 3 is 2.72 bits per heavy atom. The molecule has 0 saturated heterocycles. The summed E-state index contributed by atoms with van der Waals surface area (Å²) in [4.78, 5) is 20.4. The zero-order valence-electron chi connectivity index (χ0n) is 10.8. The molecule has 0 aliphatic heterocycles. The minimum atomic E-state index is -0.403. The number of hydroxylamine groups is 2. The highest BCUT2D eigenvalue weighted by molar-refractivity contribution is 6.33. The van der Waals surface area contributed by atoms with Gasteiger partial charge >= 0.3 is 6.03 Å². The highest BCUT2D eigenvalue weighted by Gasteiger charge is 2.10. The average Bonchev–Trinajstić information content (AvgIpc) is 2.31. The Bertz CT molecular complexity index is 426. The second-order valence-electron chi connectivity index (χ2n) is 3.96. The Labute approximate surface area is 111 Å². The second kappa shape index (κ2) is 6.42. The first kappa shape index (κ1) is 14.5. The minimum absolute atomic E-state index is 0.232. The number of rotatable bonds is 4. The van der Waals surface area contributed by atoms with Gasteiger partial charge in [-0.05, 0) is 19.9 Å². The van der Waals surface area contributed by atoms with E-state index in [1.807, 2.05) is 13.8 Å². The van der Waals surface area contributed by atoms with Gasteiger partial charge in [0.05, 0.1) is 24.0 Å². The van der Waals surface area contributed by atoms with Crippen molar-refractivity contribution in [1.82, 2.24) is 10.0 Å². The molecular weight excluding hydrogens is 256 g/mol. The van der Waals surface area contributed by atoms with Gasteiger partial charge in [0.1, 0.15) is 5.82 Å². The third kappa shape index (κ3) is 4.05. The normalized spacial score (nSPS) is 10.3. The molecule has 1 aromatic rings. The number of nitrogens with one attached hydrogen (secondary N) is 2. The summed E-state index contributed by atoms with van der Waals surface area (Å²) in [5, 5.41) is 7.21. The molecule has 0 spiro atoms. The third-order valence-corrected chi connectivity index (χ3v) is 2.37. The van der Waals surface area contributed by atoms with Crippen LogP contribution >= 0.6 is 11.6 Å². The van der Waals surface area contributed by atoms with Crippen molar-refractivity contribution in [2.45, 2.75) is 19.9 Å². The molecule has 100 valence electrons. The lowest BCUT2D eigenvalue weighted by Gasteiger charge is -2.15. The fourth-order valence-corrected chi connectivity index (χ4v) is 1.39. The number of carbonyl (C=O) groups excluding carboxylic acids is 1. The summed E-state index contributed by atoms with van der Waals surface area (Å²) in [6.07, 6.45) is 1.53. The number of aromatic nitrogens is 1. The van der Waals surface area contributed by atoms with E-state index in [1.54, 1.807) is 6.07 Å². The van der Waals surface area contributed by atoms with E-state index in [2.05, 4.69) is 15.6 Å². The van der Waals surface area contributed by atoms with Crippen LogP contribution < -0.4 is 10.6 Å². The second-order valence-corrected chi connectivity index (χ2v) is 4.37. The summed E-state index contributed by atoms with van der Waals surface area (Å²) in [7, 11) is 2.90. The van der Waals surface area contributed by atoms with Crippen LogP contribution in [-0.2, 0) is 4.84 Å². The largest absolute Gasteiger partial charge is 0.367 e. The quantitative estimate of drug-likeness (QED) is 0.827. The van der Waals surface area contributed by atoms with Gasteiger partial charge in [-0.25, -0.2) is 14.8 Å². The molecular formula is C11H17ClN4O2. The van der Waals surface area contributed by atoms with Gasteiger partial charge in [-0.2, -0.15) is 0 Å². The van der Waals surface area contributed by atoms with Crippen LogP contribution in [-0.4, -0.2) is 36.3 Å². The van der Waals surface area contributed by atoms with Gasteiger partial charge in [0.15, 0.2) is 0 Å². The van der Waals surface area contributed by atoms with E-state index in [0.717, 1.165) is 5.06 Å². The summed E-state index contributed by atoms with van der Waals surface area (Å²) in [6, 6.07) is 1.45. The maximum Gasteiger partial charge on any atom is 0.345 e. The Morgan fingerprint density at radius 2 is 2.22 bits per heavy atom. The predicted octanol–water partition coefficient (Wildman–Crippen LogP) is 2.58. The lowest BCUT2D eigenvalue weighted by atomic mass is 10.3. The van der Waals surface area contributed by atoms with E-state index in [4.69, 9.17) is 16.4 Å². The maximum absolute atomic E-state index is 11.5. The first-order chi connectivity index (χ1) is 8.43. The first-order valence-corrected chi connectivity index (χ1v) is 5.82. The Balaban J connectivity index is 2.75. The van der Waals surface area contributed by atoms with Crippen LogP contribution in [0.25, 0.3) is 0 Å². The van der Waals surface area contributed by atoms with Crippen LogP contribution in [0.3, 0.4) is 0 Å². The van der Waals surface area contributed by atoms with E-state index < -0.39 is 6.03 Å². The van der Waals surface area contributed by atoms with Crippen molar-refractivity contribution in [3.63, 3.8) is 0 Å². The summed E-state index contributed by atoms with van der Waals surface area (Å²) in [6.45, 7) is 3.97. The number of hydrogen-bond acceptors (Lipinski definition) is 4. The molecule has 2 amide bonds. The molecule has 7 heteroatoms. The molecule has 18 heavy (non-hydrogen) atoms. The average molecular weight is 273 g/mol. The first-order valence-electron chi connectivity index (χ1n) is 5.45. The number of urea groups is 1. The monoisotopic (exact) mass is 272 g/mol. The smallest absolute Gasteiger partial charge is 0.345 e. The predicted molar refractivity (Wildman–Crippen MR) is 71.8 cm³/mol. The molecule has 0 atom stereocenters. The van der Waals surface area contributed by atoms with Crippen LogP contribution in [0.15, 0.2) is 12.3 Å². The lowest BCUT2D eigenvalue weighted by Crippen LogP contribution is -2.30. The van der Waals surface area contributed by atoms with Crippen LogP contribution in [0.4, 0.5) is 16.3 Å². The number of nitrogens with zero attached hydrogens (tertiary/aromatic N) is 2. The molecule has 6 nitrogen and oxygen atoms in total. The molecule has 0 aromatic carbocycles. The van der Waals surface area contributed by atoms with Gasteiger partial charge in [0.25, 0.3) is 0 Å². The highest BCUT2D eigenvalue weighted by Crippen LogP contribution is 2.23. The van der Waals surface area contributed by atoms with E-state index in [1.165, 1.54) is 20.4 Å². The molecule has 0 aliphatic rings. The van der Waals surface area contributed by atoms with E-state index >= 15 is 0 Å². The standard InChI is InChI=1S/C11H17ClN4O2/c1-7(2)14-10-9(12)5-8(6-13-10)15-11(17)16(3)18-4/h5-7H,1-4H3,(H,13,14)(H,15,17). The minimum Gasteiger partial charge on any atom is -0.367 e. The van der Waals surface area contributed by atoms with Crippen molar-refractivity contribution in [2.24, 2.45) is 0 Å². The number of carbonyl (C=O) groups is 1. The van der Waals surface area contributed by atoms with Gasteiger partial charge in [0, 0.05) is 13.1 Å². The molecule has 1 aromatic heterocycles. The molecule has 0 fully saturated rings. The Morgan fingerprint density at radius 1 is 1.56 bits per heavy atom. The van der Waals surface area contributed by atoms with Crippen molar-refractivity contribution in [3.8, 4) is 0 Å². The zero-order valence-corrected chi connectivity index (χ0v) is 11.6. The van der Waals surface area contributed by atoms with Crippen molar-refractivity contribution < 1.29 is 9.63 Å². The fraction of sp³-hybridized carbons (Fsp3) is 0.455. The highest BCUT2D eigenvalue weighted by atomic mass is 35.5. The molecule has 2 N–H and O–H groups in total. The van der Waals surface area contributed by atoms with Gasteiger partial charge in [-0.1, -0.05) is 11.6 Å². The van der Waals surface area contributed by atoms with Gasteiger partial charge in [-0.3, -0.25) is 4.84 Å². The Kier molecular flexibility index (Phi) is 5.18. The third-order valence-electron chi connectivity index (χ3n) is 2.08. The lowest BCUT2D eigenvalue weighted by molar-refractivity contribution is -0.0598. The van der Waals surface area contributed by atoms with Crippen molar-refractivity contribution in [2.75, 3.05) is 24.8 Å². The maximum atomic E-state index is 11.5. The van der Waals surface area contributed by atoms with Crippen molar-refractivity contribution in [1.29, 1.82) is 0 Å². The number of hydrogen-bond donors (Lipinski definition) is 2. The SMILES string of the molecule is CON(C)C(=O)Nc1cnc(NC(C)C)c(Cl)c1. The molecule has 1 rings (SSSR count). The Hall–Kier alpha value is -1.53. The number of pyridine rings is 1. The molecule has 0 saturated carbocycles. The molecule has 0 unspecified atom stereocenters. The number of amides is 2.